The summed E-state index contributed by atoms with van der Waals surface area (Å²) in [4.78, 5) is 4.61. The van der Waals surface area contributed by atoms with Crippen LogP contribution in [0.5, 0.6) is 0 Å². The summed E-state index contributed by atoms with van der Waals surface area (Å²) in [5, 5.41) is 13.4. The number of likely N-dealkylation sites (N-methyl/N-ethyl adjacent to an activating group) is 1. The molecule has 0 spiro atoms. The molecular formula is C18H18ClN3S. The van der Waals surface area contributed by atoms with Gasteiger partial charge in [-0.05, 0) is 49.9 Å². The number of fused-ring (bicyclic) bond motifs is 2. The van der Waals surface area contributed by atoms with E-state index in [9.17, 15) is 5.26 Å². The molecule has 2 aromatic carbocycles. The Kier molecular flexibility index (Phi) is 4.82. The summed E-state index contributed by atoms with van der Waals surface area (Å²) >= 11 is 7.88. The van der Waals surface area contributed by atoms with Crippen molar-refractivity contribution in [2.24, 2.45) is 0 Å². The summed E-state index contributed by atoms with van der Waals surface area (Å²) < 4.78 is 0. The molecule has 0 saturated heterocycles. The zero-order valence-electron chi connectivity index (χ0n) is 13.1. The Bertz CT molecular complexity index is 769. The number of nitrogens with zero attached hydrogens (tertiary/aromatic N) is 2. The average molecular weight is 344 g/mol. The number of benzene rings is 2. The van der Waals surface area contributed by atoms with E-state index in [-0.39, 0.29) is 6.04 Å². The van der Waals surface area contributed by atoms with Crippen LogP contribution in [0.1, 0.15) is 19.4 Å². The van der Waals surface area contributed by atoms with E-state index in [1.807, 2.05) is 30.3 Å². The Balaban J connectivity index is 2.10. The van der Waals surface area contributed by atoms with Crippen LogP contribution in [-0.4, -0.2) is 19.1 Å². The molecule has 0 bridgehead atoms. The van der Waals surface area contributed by atoms with E-state index < -0.39 is 0 Å². The lowest BCUT2D eigenvalue weighted by Gasteiger charge is -2.37. The van der Waals surface area contributed by atoms with Gasteiger partial charge in [-0.2, -0.15) is 5.26 Å². The van der Waals surface area contributed by atoms with Crippen LogP contribution in [0.4, 0.5) is 11.4 Å². The fourth-order valence-corrected chi connectivity index (χ4v) is 4.13. The van der Waals surface area contributed by atoms with E-state index >= 15 is 0 Å². The van der Waals surface area contributed by atoms with Crippen LogP contribution in [0.3, 0.4) is 0 Å². The Morgan fingerprint density at radius 2 is 2.04 bits per heavy atom. The van der Waals surface area contributed by atoms with Crippen LogP contribution in [0, 0.1) is 11.3 Å². The lowest BCUT2D eigenvalue weighted by atomic mass is 10.1. The second-order valence-corrected chi connectivity index (χ2v) is 7.06. The predicted molar refractivity (Wildman–Crippen MR) is 96.9 cm³/mol. The third-order valence-electron chi connectivity index (χ3n) is 3.88. The number of rotatable bonds is 4. The second-order valence-electron chi connectivity index (χ2n) is 5.54. The highest BCUT2D eigenvalue weighted by atomic mass is 35.5. The summed E-state index contributed by atoms with van der Waals surface area (Å²) in [5.74, 6) is 0. The molecule has 118 valence electrons. The van der Waals surface area contributed by atoms with Gasteiger partial charge in [-0.3, -0.25) is 0 Å². The van der Waals surface area contributed by atoms with Crippen molar-refractivity contribution < 1.29 is 0 Å². The van der Waals surface area contributed by atoms with E-state index in [2.05, 4.69) is 36.2 Å². The SMILES string of the molecule is CCNC[C@@H](C)N1c2ccc(Cl)cc2Sc2ccc(C#N)cc21. The Morgan fingerprint density at radius 1 is 1.22 bits per heavy atom. The molecule has 1 heterocycles. The standard InChI is InChI=1S/C18H18ClN3S/c1-3-21-11-12(2)22-15-6-5-14(19)9-18(15)23-17-7-4-13(10-20)8-16(17)22/h4-9,12,21H,3,11H2,1-2H3/t12-/m1/s1. The first-order valence-corrected chi connectivity index (χ1v) is 8.85. The topological polar surface area (TPSA) is 39.1 Å². The van der Waals surface area contributed by atoms with Crippen molar-refractivity contribution in [3.63, 3.8) is 0 Å². The number of hydrogen-bond acceptors (Lipinski definition) is 4. The minimum absolute atomic E-state index is 0.267. The minimum atomic E-state index is 0.267. The van der Waals surface area contributed by atoms with Crippen LogP contribution in [0.2, 0.25) is 5.02 Å². The Hall–Kier alpha value is -1.67. The molecule has 2 aromatic rings. The van der Waals surface area contributed by atoms with Crippen molar-refractivity contribution in [3.05, 3.63) is 47.0 Å². The van der Waals surface area contributed by atoms with Gasteiger partial charge in [0.15, 0.2) is 0 Å². The zero-order valence-corrected chi connectivity index (χ0v) is 14.7. The van der Waals surface area contributed by atoms with Gasteiger partial charge in [-0.15, -0.1) is 0 Å². The monoisotopic (exact) mass is 343 g/mol. The molecule has 0 fully saturated rings. The molecule has 0 aromatic heterocycles. The maximum absolute atomic E-state index is 9.23. The van der Waals surface area contributed by atoms with Gasteiger partial charge in [0.25, 0.3) is 0 Å². The number of nitrogens with one attached hydrogen (secondary N) is 1. The molecular weight excluding hydrogens is 326 g/mol. The highest BCUT2D eigenvalue weighted by Crippen LogP contribution is 2.49. The first-order valence-electron chi connectivity index (χ1n) is 7.65. The van der Waals surface area contributed by atoms with Gasteiger partial charge in [0.1, 0.15) is 0 Å². The van der Waals surface area contributed by atoms with E-state index in [0.717, 1.165) is 39.3 Å². The molecule has 0 saturated carbocycles. The lowest BCUT2D eigenvalue weighted by molar-refractivity contribution is 0.609. The molecule has 1 aliphatic rings. The molecule has 1 atom stereocenters. The molecule has 0 aliphatic carbocycles. The molecule has 23 heavy (non-hydrogen) atoms. The maximum atomic E-state index is 9.23. The smallest absolute Gasteiger partial charge is 0.0992 e. The van der Waals surface area contributed by atoms with Crippen molar-refractivity contribution in [1.82, 2.24) is 5.32 Å². The predicted octanol–water partition coefficient (Wildman–Crippen LogP) is 4.81. The van der Waals surface area contributed by atoms with E-state index in [1.165, 1.54) is 0 Å². The van der Waals surface area contributed by atoms with Crippen molar-refractivity contribution in [1.29, 1.82) is 5.26 Å². The van der Waals surface area contributed by atoms with Gasteiger partial charge >= 0.3 is 0 Å². The summed E-state index contributed by atoms with van der Waals surface area (Å²) in [6, 6.07) is 14.4. The summed E-state index contributed by atoms with van der Waals surface area (Å²) in [6.45, 7) is 6.11. The van der Waals surface area contributed by atoms with Crippen LogP contribution >= 0.6 is 23.4 Å². The number of halogens is 1. The van der Waals surface area contributed by atoms with Gasteiger partial charge < -0.3 is 10.2 Å². The summed E-state index contributed by atoms with van der Waals surface area (Å²) in [6.07, 6.45) is 0. The molecule has 3 nitrogen and oxygen atoms in total. The Morgan fingerprint density at radius 3 is 2.78 bits per heavy atom. The van der Waals surface area contributed by atoms with Crippen LogP contribution in [-0.2, 0) is 0 Å². The van der Waals surface area contributed by atoms with E-state index in [4.69, 9.17) is 11.6 Å². The molecule has 0 radical (unpaired) electrons. The third kappa shape index (κ3) is 3.18. The van der Waals surface area contributed by atoms with Crippen molar-refractivity contribution in [3.8, 4) is 6.07 Å². The number of hydrogen-bond donors (Lipinski definition) is 1. The summed E-state index contributed by atoms with van der Waals surface area (Å²) in [7, 11) is 0. The fourth-order valence-electron chi connectivity index (χ4n) is 2.80. The maximum Gasteiger partial charge on any atom is 0.0992 e. The van der Waals surface area contributed by atoms with Gasteiger partial charge in [-0.25, -0.2) is 0 Å². The van der Waals surface area contributed by atoms with Crippen LogP contribution in [0.25, 0.3) is 0 Å². The fraction of sp³-hybridized carbons (Fsp3) is 0.278. The number of nitriles is 1. The largest absolute Gasteiger partial charge is 0.335 e. The van der Waals surface area contributed by atoms with Crippen LogP contribution in [0.15, 0.2) is 46.2 Å². The van der Waals surface area contributed by atoms with Crippen molar-refractivity contribution >= 4 is 34.7 Å². The van der Waals surface area contributed by atoms with Gasteiger partial charge in [-0.1, -0.05) is 30.3 Å². The quantitative estimate of drug-likeness (QED) is 0.864. The first-order chi connectivity index (χ1) is 11.1. The van der Waals surface area contributed by atoms with E-state index in [1.54, 1.807) is 11.8 Å². The molecule has 5 heteroatoms. The van der Waals surface area contributed by atoms with Gasteiger partial charge in [0.05, 0.1) is 23.0 Å². The summed E-state index contributed by atoms with van der Waals surface area (Å²) in [5.41, 5.74) is 2.92. The molecule has 0 unspecified atom stereocenters. The average Bonchev–Trinajstić information content (AvgIpc) is 2.56. The molecule has 3 rings (SSSR count). The normalized spacial score (nSPS) is 13.9. The lowest BCUT2D eigenvalue weighted by Crippen LogP contribution is -2.38. The molecule has 1 aliphatic heterocycles. The van der Waals surface area contributed by atoms with Gasteiger partial charge in [0.2, 0.25) is 0 Å². The third-order valence-corrected chi connectivity index (χ3v) is 5.23. The van der Waals surface area contributed by atoms with Crippen molar-refractivity contribution in [2.45, 2.75) is 29.7 Å². The molecule has 0 amide bonds. The zero-order chi connectivity index (χ0) is 16.4. The minimum Gasteiger partial charge on any atom is -0.335 e. The highest BCUT2D eigenvalue weighted by Gasteiger charge is 2.27. The molecule has 1 N–H and O–H groups in total. The second kappa shape index (κ2) is 6.84. The van der Waals surface area contributed by atoms with E-state index in [0.29, 0.717) is 5.56 Å². The van der Waals surface area contributed by atoms with Gasteiger partial charge in [0, 0.05) is 27.4 Å². The number of anilines is 2. The highest BCUT2D eigenvalue weighted by molar-refractivity contribution is 7.99. The van der Waals surface area contributed by atoms with Crippen molar-refractivity contribution in [2.75, 3.05) is 18.0 Å². The van der Waals surface area contributed by atoms with Crippen LogP contribution < -0.4 is 10.2 Å². The first kappa shape index (κ1) is 16.2. The Labute approximate surface area is 146 Å².